The fourth-order valence-corrected chi connectivity index (χ4v) is 1.08. The summed E-state index contributed by atoms with van der Waals surface area (Å²) in [5.74, 6) is -2.76. The van der Waals surface area contributed by atoms with Crippen LogP contribution in [0, 0.1) is 0 Å². The van der Waals surface area contributed by atoms with Crippen molar-refractivity contribution in [3.05, 3.63) is 0 Å². The van der Waals surface area contributed by atoms with E-state index < -0.39 is 12.1 Å². The highest BCUT2D eigenvalue weighted by molar-refractivity contribution is 5.73. The summed E-state index contributed by atoms with van der Waals surface area (Å²) >= 11 is 0. The molecule has 0 radical (unpaired) electrons. The second kappa shape index (κ2) is 7.75. The molecule has 9 heteroatoms. The normalized spacial score (nSPS) is 14.9. The van der Waals surface area contributed by atoms with Crippen molar-refractivity contribution in [3.63, 3.8) is 0 Å². The van der Waals surface area contributed by atoms with E-state index in [1.165, 1.54) is 0 Å². The van der Waals surface area contributed by atoms with Crippen LogP contribution >= 0.6 is 0 Å². The van der Waals surface area contributed by atoms with Crippen molar-refractivity contribution in [2.45, 2.75) is 19.0 Å². The molecule has 0 aromatic heterocycles. The van der Waals surface area contributed by atoms with Crippen LogP contribution in [0.4, 0.5) is 18.0 Å². The fourth-order valence-electron chi connectivity index (χ4n) is 1.08. The van der Waals surface area contributed by atoms with Gasteiger partial charge in [-0.2, -0.15) is 13.2 Å². The number of carboxylic acid groups (broad SMARTS) is 1. The summed E-state index contributed by atoms with van der Waals surface area (Å²) < 4.78 is 36.5. The first-order chi connectivity index (χ1) is 8.29. The van der Waals surface area contributed by atoms with E-state index in [4.69, 9.17) is 20.4 Å². The first-order valence-electron chi connectivity index (χ1n) is 5.21. The van der Waals surface area contributed by atoms with Crippen LogP contribution in [0.15, 0.2) is 0 Å². The minimum atomic E-state index is -5.08. The molecular weight excluding hydrogens is 257 g/mol. The van der Waals surface area contributed by atoms with Gasteiger partial charge in [0.2, 0.25) is 0 Å². The quantitative estimate of drug-likeness (QED) is 0.739. The molecule has 1 rings (SSSR count). The molecule has 1 heterocycles. The minimum Gasteiger partial charge on any atom is -0.475 e. The number of cyclic esters (lactones) is 1. The summed E-state index contributed by atoms with van der Waals surface area (Å²) in [6, 6.07) is 0. The molecule has 1 saturated heterocycles. The molecule has 1 fully saturated rings. The largest absolute Gasteiger partial charge is 0.490 e. The van der Waals surface area contributed by atoms with Gasteiger partial charge < -0.3 is 20.5 Å². The Hall–Kier alpha value is -1.51. The lowest BCUT2D eigenvalue weighted by molar-refractivity contribution is -0.192. The highest BCUT2D eigenvalue weighted by Crippen LogP contribution is 2.13. The standard InChI is InChI=1S/C7H14N2O2.C2HF3O2/c8-3-1-2-4-9-5-6-11-7(9)10;3-2(4,5)1(6)7/h1-6,8H2;(H,6,7). The third-order valence-electron chi connectivity index (χ3n) is 1.97. The Morgan fingerprint density at radius 2 is 2.00 bits per heavy atom. The number of hydrogen-bond donors (Lipinski definition) is 2. The average Bonchev–Trinajstić information content (AvgIpc) is 2.64. The van der Waals surface area contributed by atoms with Crippen LogP contribution < -0.4 is 5.73 Å². The maximum Gasteiger partial charge on any atom is 0.490 e. The van der Waals surface area contributed by atoms with Crippen LogP contribution in [0.2, 0.25) is 0 Å². The predicted molar refractivity (Wildman–Crippen MR) is 54.9 cm³/mol. The highest BCUT2D eigenvalue weighted by Gasteiger charge is 2.38. The summed E-state index contributed by atoms with van der Waals surface area (Å²) in [5, 5.41) is 7.12. The van der Waals surface area contributed by atoms with Crippen LogP contribution in [0.3, 0.4) is 0 Å². The Labute approximate surface area is 101 Å². The van der Waals surface area contributed by atoms with Crippen molar-refractivity contribution in [1.82, 2.24) is 4.90 Å². The van der Waals surface area contributed by atoms with Gasteiger partial charge in [0.15, 0.2) is 0 Å². The molecule has 0 saturated carbocycles. The zero-order valence-electron chi connectivity index (χ0n) is 9.57. The Balaban J connectivity index is 0.000000360. The van der Waals surface area contributed by atoms with Crippen LogP contribution in [0.25, 0.3) is 0 Å². The molecular formula is C9H15F3N2O4. The summed E-state index contributed by atoms with van der Waals surface area (Å²) in [6.45, 7) is 2.77. The number of amides is 1. The number of ether oxygens (including phenoxy) is 1. The molecule has 0 aromatic carbocycles. The summed E-state index contributed by atoms with van der Waals surface area (Å²) in [7, 11) is 0. The topological polar surface area (TPSA) is 92.9 Å². The lowest BCUT2D eigenvalue weighted by atomic mass is 10.3. The smallest absolute Gasteiger partial charge is 0.475 e. The predicted octanol–water partition coefficient (Wildman–Crippen LogP) is 0.811. The van der Waals surface area contributed by atoms with E-state index in [1.807, 2.05) is 0 Å². The van der Waals surface area contributed by atoms with Crippen LogP contribution in [-0.2, 0) is 9.53 Å². The molecule has 0 aliphatic carbocycles. The van der Waals surface area contributed by atoms with Crippen molar-refractivity contribution in [3.8, 4) is 0 Å². The number of halogens is 3. The van der Waals surface area contributed by atoms with E-state index >= 15 is 0 Å². The number of nitrogens with two attached hydrogens (primary N) is 1. The van der Waals surface area contributed by atoms with Gasteiger partial charge >= 0.3 is 18.2 Å². The van der Waals surface area contributed by atoms with E-state index in [-0.39, 0.29) is 6.09 Å². The maximum absolute atomic E-state index is 10.8. The van der Waals surface area contributed by atoms with Gasteiger partial charge in [0.25, 0.3) is 0 Å². The van der Waals surface area contributed by atoms with E-state index in [9.17, 15) is 18.0 Å². The van der Waals surface area contributed by atoms with Gasteiger partial charge in [-0.3, -0.25) is 0 Å². The van der Waals surface area contributed by atoms with Gasteiger partial charge in [0.05, 0.1) is 6.54 Å². The molecule has 1 aliphatic heterocycles. The van der Waals surface area contributed by atoms with Gasteiger partial charge in [-0.1, -0.05) is 0 Å². The summed E-state index contributed by atoms with van der Waals surface area (Å²) in [4.78, 5) is 21.5. The Morgan fingerprint density at radius 3 is 2.33 bits per heavy atom. The number of rotatable bonds is 4. The Kier molecular flexibility index (Phi) is 7.10. The molecule has 3 N–H and O–H groups in total. The van der Waals surface area contributed by atoms with Crippen molar-refractivity contribution in [2.24, 2.45) is 5.73 Å². The molecule has 106 valence electrons. The summed E-state index contributed by atoms with van der Waals surface area (Å²) in [6.07, 6.45) is -3.31. The Bertz CT molecular complexity index is 283. The van der Waals surface area contributed by atoms with Gasteiger partial charge in [0, 0.05) is 6.54 Å². The average molecular weight is 272 g/mol. The first-order valence-corrected chi connectivity index (χ1v) is 5.21. The third kappa shape index (κ3) is 6.94. The SMILES string of the molecule is NCCCCN1CCOC1=O.O=C(O)C(F)(F)F. The van der Waals surface area contributed by atoms with Crippen LogP contribution in [0.1, 0.15) is 12.8 Å². The zero-order valence-corrected chi connectivity index (χ0v) is 9.57. The number of alkyl halides is 3. The van der Waals surface area contributed by atoms with E-state index in [1.54, 1.807) is 4.90 Å². The van der Waals surface area contributed by atoms with E-state index in [0.29, 0.717) is 13.2 Å². The van der Waals surface area contributed by atoms with E-state index in [0.717, 1.165) is 25.9 Å². The second-order valence-electron chi connectivity index (χ2n) is 3.40. The first kappa shape index (κ1) is 16.5. The van der Waals surface area contributed by atoms with Gasteiger partial charge in [-0.15, -0.1) is 0 Å². The van der Waals surface area contributed by atoms with Crippen LogP contribution in [-0.4, -0.2) is 54.5 Å². The molecule has 18 heavy (non-hydrogen) atoms. The molecule has 6 nitrogen and oxygen atoms in total. The molecule has 1 amide bonds. The van der Waals surface area contributed by atoms with Gasteiger partial charge in [-0.25, -0.2) is 9.59 Å². The maximum atomic E-state index is 10.8. The number of hydrogen-bond acceptors (Lipinski definition) is 4. The van der Waals surface area contributed by atoms with Crippen molar-refractivity contribution in [1.29, 1.82) is 0 Å². The number of carbonyl (C=O) groups excluding carboxylic acids is 1. The molecule has 0 bridgehead atoms. The molecule has 0 aromatic rings. The highest BCUT2D eigenvalue weighted by atomic mass is 19.4. The number of carboxylic acids is 1. The number of unbranched alkanes of at least 4 members (excludes halogenated alkanes) is 1. The second-order valence-corrected chi connectivity index (χ2v) is 3.40. The number of aliphatic carboxylic acids is 1. The number of nitrogens with zero attached hydrogens (tertiary/aromatic N) is 1. The molecule has 0 atom stereocenters. The van der Waals surface area contributed by atoms with Gasteiger partial charge in [0.1, 0.15) is 6.61 Å². The molecule has 0 spiro atoms. The fraction of sp³-hybridized carbons (Fsp3) is 0.778. The van der Waals surface area contributed by atoms with Gasteiger partial charge in [-0.05, 0) is 19.4 Å². The van der Waals surface area contributed by atoms with Crippen molar-refractivity contribution < 1.29 is 32.6 Å². The third-order valence-corrected chi connectivity index (χ3v) is 1.97. The van der Waals surface area contributed by atoms with Crippen LogP contribution in [0.5, 0.6) is 0 Å². The Morgan fingerprint density at radius 1 is 1.44 bits per heavy atom. The van der Waals surface area contributed by atoms with Crippen molar-refractivity contribution >= 4 is 12.1 Å². The lowest BCUT2D eigenvalue weighted by Gasteiger charge is -2.10. The van der Waals surface area contributed by atoms with E-state index in [2.05, 4.69) is 0 Å². The van der Waals surface area contributed by atoms with Crippen molar-refractivity contribution in [2.75, 3.05) is 26.2 Å². The number of carbonyl (C=O) groups is 2. The minimum absolute atomic E-state index is 0.179. The zero-order chi connectivity index (χ0) is 14.2. The monoisotopic (exact) mass is 272 g/mol. The molecule has 0 unspecified atom stereocenters. The lowest BCUT2D eigenvalue weighted by Crippen LogP contribution is -2.25. The summed E-state index contributed by atoms with van der Waals surface area (Å²) in [5.41, 5.74) is 5.31. The molecule has 1 aliphatic rings.